The van der Waals surface area contributed by atoms with Crippen molar-refractivity contribution in [2.24, 2.45) is 0 Å². The van der Waals surface area contributed by atoms with E-state index in [9.17, 15) is 0 Å². The maximum absolute atomic E-state index is 3.52. The van der Waals surface area contributed by atoms with Crippen molar-refractivity contribution < 1.29 is 0 Å². The number of hydrogen-bond donors (Lipinski definition) is 1. The Bertz CT molecular complexity index is 388. The van der Waals surface area contributed by atoms with Gasteiger partial charge >= 0.3 is 0 Å². The minimum Gasteiger partial charge on any atom is -0.384 e. The number of para-hydroxylation sites is 1. The van der Waals surface area contributed by atoms with E-state index in [0.29, 0.717) is 0 Å². The first-order chi connectivity index (χ1) is 7.84. The number of fused-ring (bicyclic) bond motifs is 1. The van der Waals surface area contributed by atoms with Crippen LogP contribution in [0.1, 0.15) is 30.4 Å². The minimum absolute atomic E-state index is 0. The van der Waals surface area contributed by atoms with E-state index in [-0.39, 0.29) is 12.4 Å². The maximum Gasteiger partial charge on any atom is 0.0419 e. The summed E-state index contributed by atoms with van der Waals surface area (Å²) in [4.78, 5) is 2.51. The highest BCUT2D eigenvalue weighted by Gasteiger charge is 2.23. The molecule has 94 valence electrons. The number of rotatable bonds is 3. The summed E-state index contributed by atoms with van der Waals surface area (Å²) in [7, 11) is 2.26. The van der Waals surface area contributed by atoms with E-state index in [1.54, 1.807) is 0 Å². The van der Waals surface area contributed by atoms with Gasteiger partial charge in [-0.25, -0.2) is 0 Å². The van der Waals surface area contributed by atoms with Gasteiger partial charge in [0, 0.05) is 24.8 Å². The summed E-state index contributed by atoms with van der Waals surface area (Å²) in [6.07, 6.45) is 5.38. The fraction of sp³-hybridized carbons (Fsp3) is 0.571. The lowest BCUT2D eigenvalue weighted by atomic mass is 9.91. The van der Waals surface area contributed by atoms with E-state index < -0.39 is 0 Å². The smallest absolute Gasteiger partial charge is 0.0419 e. The summed E-state index contributed by atoms with van der Waals surface area (Å²) in [5.74, 6) is 0. The van der Waals surface area contributed by atoms with Crippen LogP contribution in [0.3, 0.4) is 0 Å². The molecule has 3 heteroatoms. The molecule has 0 spiro atoms. The van der Waals surface area contributed by atoms with E-state index in [1.165, 1.54) is 42.5 Å². The molecular weight excluding hydrogens is 232 g/mol. The van der Waals surface area contributed by atoms with E-state index in [2.05, 4.69) is 35.5 Å². The summed E-state index contributed by atoms with van der Waals surface area (Å²) in [5.41, 5.74) is 4.39. The van der Waals surface area contributed by atoms with Crippen molar-refractivity contribution in [1.82, 2.24) is 4.90 Å². The molecule has 0 unspecified atom stereocenters. The molecule has 1 aliphatic heterocycles. The third-order valence-corrected chi connectivity index (χ3v) is 4.05. The third-order valence-electron chi connectivity index (χ3n) is 4.05. The Hall–Kier alpha value is -0.730. The molecule has 17 heavy (non-hydrogen) atoms. The van der Waals surface area contributed by atoms with Crippen molar-refractivity contribution in [2.45, 2.75) is 38.3 Å². The number of anilines is 1. The zero-order valence-electron chi connectivity index (χ0n) is 10.4. The number of halogens is 1. The van der Waals surface area contributed by atoms with Gasteiger partial charge in [-0.15, -0.1) is 12.4 Å². The second kappa shape index (κ2) is 5.28. The Kier molecular flexibility index (Phi) is 3.95. The monoisotopic (exact) mass is 252 g/mol. The lowest BCUT2D eigenvalue weighted by Gasteiger charge is -2.35. The fourth-order valence-electron chi connectivity index (χ4n) is 2.77. The lowest BCUT2D eigenvalue weighted by Crippen LogP contribution is -2.36. The number of benzene rings is 1. The zero-order chi connectivity index (χ0) is 11.0. The first kappa shape index (κ1) is 12.7. The summed E-state index contributed by atoms with van der Waals surface area (Å²) < 4.78 is 0. The molecule has 3 rings (SSSR count). The van der Waals surface area contributed by atoms with E-state index in [0.717, 1.165) is 19.1 Å². The van der Waals surface area contributed by atoms with Crippen LogP contribution in [-0.4, -0.2) is 24.5 Å². The average Bonchev–Trinajstić information content (AvgIpc) is 2.63. The Labute approximate surface area is 110 Å². The molecule has 1 heterocycles. The van der Waals surface area contributed by atoms with Crippen molar-refractivity contribution in [3.63, 3.8) is 0 Å². The van der Waals surface area contributed by atoms with Crippen LogP contribution in [-0.2, 0) is 13.0 Å². The van der Waals surface area contributed by atoms with Crippen LogP contribution >= 0.6 is 12.4 Å². The van der Waals surface area contributed by atoms with Gasteiger partial charge in [0.15, 0.2) is 0 Å². The van der Waals surface area contributed by atoms with Gasteiger partial charge in [0.2, 0.25) is 0 Å². The molecule has 0 aromatic heterocycles. The van der Waals surface area contributed by atoms with Crippen molar-refractivity contribution >= 4 is 18.1 Å². The first-order valence-corrected chi connectivity index (χ1v) is 6.39. The van der Waals surface area contributed by atoms with Gasteiger partial charge in [-0.3, -0.25) is 4.90 Å². The maximum atomic E-state index is 3.52. The quantitative estimate of drug-likeness (QED) is 0.890. The van der Waals surface area contributed by atoms with Crippen LogP contribution in [0.25, 0.3) is 0 Å². The predicted octanol–water partition coefficient (Wildman–Crippen LogP) is 3.06. The highest BCUT2D eigenvalue weighted by Crippen LogP contribution is 2.30. The summed E-state index contributed by atoms with van der Waals surface area (Å²) >= 11 is 0. The Balaban J connectivity index is 0.00000108. The summed E-state index contributed by atoms with van der Waals surface area (Å²) in [6, 6.07) is 7.56. The van der Waals surface area contributed by atoms with Gasteiger partial charge in [0.05, 0.1) is 0 Å². The molecule has 0 saturated heterocycles. The molecule has 0 atom stereocenters. The van der Waals surface area contributed by atoms with Crippen LogP contribution in [0.4, 0.5) is 5.69 Å². The number of hydrogen-bond acceptors (Lipinski definition) is 2. The second-order valence-electron chi connectivity index (χ2n) is 5.13. The van der Waals surface area contributed by atoms with Gasteiger partial charge in [0.25, 0.3) is 0 Å². The first-order valence-electron chi connectivity index (χ1n) is 6.39. The van der Waals surface area contributed by atoms with Gasteiger partial charge in [0.1, 0.15) is 0 Å². The third kappa shape index (κ3) is 2.43. The fourth-order valence-corrected chi connectivity index (χ4v) is 2.77. The predicted molar refractivity (Wildman–Crippen MR) is 75.0 cm³/mol. The molecular formula is C14H21ClN2. The van der Waals surface area contributed by atoms with E-state index in [4.69, 9.17) is 0 Å². The Morgan fingerprint density at radius 1 is 1.35 bits per heavy atom. The molecule has 1 saturated carbocycles. The largest absolute Gasteiger partial charge is 0.384 e. The molecule has 1 fully saturated rings. The van der Waals surface area contributed by atoms with Crippen LogP contribution in [0, 0.1) is 0 Å². The average molecular weight is 253 g/mol. The van der Waals surface area contributed by atoms with Crippen LogP contribution in [0.2, 0.25) is 0 Å². The summed E-state index contributed by atoms with van der Waals surface area (Å²) in [6.45, 7) is 2.21. The number of nitrogens with zero attached hydrogens (tertiary/aromatic N) is 1. The van der Waals surface area contributed by atoms with Crippen molar-refractivity contribution in [1.29, 1.82) is 0 Å². The van der Waals surface area contributed by atoms with Crippen molar-refractivity contribution in [3.8, 4) is 0 Å². The normalized spacial score (nSPS) is 18.2. The molecule has 1 aromatic rings. The van der Waals surface area contributed by atoms with Gasteiger partial charge in [-0.1, -0.05) is 24.6 Å². The van der Waals surface area contributed by atoms with Crippen LogP contribution < -0.4 is 5.32 Å². The molecule has 0 amide bonds. The number of nitrogens with one attached hydrogen (secondary N) is 1. The molecule has 2 aliphatic rings. The van der Waals surface area contributed by atoms with E-state index in [1.807, 2.05) is 0 Å². The summed E-state index contributed by atoms with van der Waals surface area (Å²) in [5, 5.41) is 3.52. The second-order valence-corrected chi connectivity index (χ2v) is 5.13. The Morgan fingerprint density at radius 3 is 2.88 bits per heavy atom. The van der Waals surface area contributed by atoms with Crippen molar-refractivity contribution in [3.05, 3.63) is 29.3 Å². The highest BCUT2D eigenvalue weighted by atomic mass is 35.5. The van der Waals surface area contributed by atoms with Crippen LogP contribution in [0.15, 0.2) is 18.2 Å². The van der Waals surface area contributed by atoms with Gasteiger partial charge in [-0.2, -0.15) is 0 Å². The zero-order valence-corrected chi connectivity index (χ0v) is 11.2. The molecule has 1 aromatic carbocycles. The Morgan fingerprint density at radius 2 is 2.18 bits per heavy atom. The van der Waals surface area contributed by atoms with Crippen LogP contribution in [0.5, 0.6) is 0 Å². The lowest BCUT2D eigenvalue weighted by molar-refractivity contribution is 0.153. The topological polar surface area (TPSA) is 15.3 Å². The molecule has 2 nitrogen and oxygen atoms in total. The highest BCUT2D eigenvalue weighted by molar-refractivity contribution is 5.85. The molecule has 1 N–H and O–H groups in total. The SMILES string of the molecule is CN(Cc1cccc2c1NCC2)C1CCC1.Cl. The minimum atomic E-state index is 0. The van der Waals surface area contributed by atoms with Crippen molar-refractivity contribution in [2.75, 3.05) is 18.9 Å². The molecule has 1 aliphatic carbocycles. The van der Waals surface area contributed by atoms with E-state index >= 15 is 0 Å². The molecule has 0 radical (unpaired) electrons. The standard InChI is InChI=1S/C14H20N2.ClH/c1-16(13-6-3-7-13)10-12-5-2-4-11-8-9-15-14(11)12;/h2,4-5,13,15H,3,6-10H2,1H3;1H. The van der Waals surface area contributed by atoms with Gasteiger partial charge in [-0.05, 0) is 37.4 Å². The molecule has 0 bridgehead atoms. The van der Waals surface area contributed by atoms with Gasteiger partial charge < -0.3 is 5.32 Å².